The number of amides is 2. The van der Waals surface area contributed by atoms with Crippen molar-refractivity contribution < 1.29 is 22.7 Å². The first-order valence-corrected chi connectivity index (χ1v) is 16.0. The van der Waals surface area contributed by atoms with Crippen molar-refractivity contribution in [2.24, 2.45) is 0 Å². The summed E-state index contributed by atoms with van der Waals surface area (Å²) in [5, 5.41) is 3.86. The smallest absolute Gasteiger partial charge is 0.264 e. The zero-order valence-electron chi connectivity index (χ0n) is 23.2. The number of methoxy groups -OCH3 is 1. The van der Waals surface area contributed by atoms with E-state index in [1.807, 2.05) is 0 Å². The van der Waals surface area contributed by atoms with Crippen molar-refractivity contribution in [3.8, 4) is 5.75 Å². The minimum Gasteiger partial charge on any atom is -0.495 e. The molecule has 224 valence electrons. The van der Waals surface area contributed by atoms with Crippen LogP contribution < -0.4 is 14.4 Å². The van der Waals surface area contributed by atoms with Gasteiger partial charge in [0.2, 0.25) is 11.8 Å². The summed E-state index contributed by atoms with van der Waals surface area (Å²) < 4.78 is 34.0. The molecule has 1 atom stereocenters. The summed E-state index contributed by atoms with van der Waals surface area (Å²) in [5.41, 5.74) is 0.791. The molecule has 0 radical (unpaired) electrons. The highest BCUT2D eigenvalue weighted by molar-refractivity contribution is 7.92. The summed E-state index contributed by atoms with van der Waals surface area (Å²) >= 11 is 18.7. The molecule has 8 nitrogen and oxygen atoms in total. The predicted octanol–water partition coefficient (Wildman–Crippen LogP) is 6.33. The summed E-state index contributed by atoms with van der Waals surface area (Å²) in [5.74, 6) is -0.566. The number of nitrogens with one attached hydrogen (secondary N) is 1. The molecule has 0 spiro atoms. The van der Waals surface area contributed by atoms with Gasteiger partial charge in [-0.25, -0.2) is 8.42 Å². The highest BCUT2D eigenvalue weighted by Crippen LogP contribution is 2.32. The van der Waals surface area contributed by atoms with Gasteiger partial charge >= 0.3 is 0 Å². The second-order valence-corrected chi connectivity index (χ2v) is 13.2. The number of ether oxygens (including phenoxy) is 1. The van der Waals surface area contributed by atoms with E-state index in [2.05, 4.69) is 5.32 Å². The van der Waals surface area contributed by atoms with Crippen LogP contribution in [0.4, 0.5) is 5.69 Å². The van der Waals surface area contributed by atoms with Gasteiger partial charge in [0.1, 0.15) is 18.3 Å². The van der Waals surface area contributed by atoms with Crippen LogP contribution >= 0.6 is 34.8 Å². The molecule has 1 aliphatic rings. The molecule has 0 saturated heterocycles. The molecule has 0 heterocycles. The zero-order chi connectivity index (χ0) is 30.4. The Bertz CT molecular complexity index is 1530. The van der Waals surface area contributed by atoms with Gasteiger partial charge in [0.15, 0.2) is 0 Å². The Labute approximate surface area is 261 Å². The highest BCUT2D eigenvalue weighted by Gasteiger charge is 2.33. The van der Waals surface area contributed by atoms with Gasteiger partial charge in [-0.3, -0.25) is 13.9 Å². The number of halogens is 3. The summed E-state index contributed by atoms with van der Waals surface area (Å²) in [6, 6.07) is 16.3. The molecule has 0 bridgehead atoms. The third-order valence-corrected chi connectivity index (χ3v) is 10.1. The molecular weight excluding hydrogens is 621 g/mol. The first-order chi connectivity index (χ1) is 20.0. The molecule has 4 rings (SSSR count). The molecule has 0 aromatic heterocycles. The lowest BCUT2D eigenvalue weighted by atomic mass is 10.1. The number of hydrogen-bond donors (Lipinski definition) is 1. The first kappa shape index (κ1) is 31.9. The SMILES string of the molecule is COc1ccc(N(CC(=O)N(Cc2ccc(Cl)c(Cl)c2)[C@H](C)C(=O)NC2CCCC2)S(=O)(=O)c2ccccc2)cc1Cl. The molecule has 3 aromatic carbocycles. The lowest BCUT2D eigenvalue weighted by Crippen LogP contribution is -2.52. The van der Waals surface area contributed by atoms with Crippen molar-refractivity contribution in [1.29, 1.82) is 0 Å². The number of hydrogen-bond acceptors (Lipinski definition) is 5. The molecule has 1 N–H and O–H groups in total. The Morgan fingerprint density at radius 3 is 2.26 bits per heavy atom. The van der Waals surface area contributed by atoms with Crippen LogP contribution in [0, 0.1) is 0 Å². The van der Waals surface area contributed by atoms with Crippen LogP contribution in [-0.4, -0.2) is 50.9 Å². The van der Waals surface area contributed by atoms with Gasteiger partial charge in [0, 0.05) is 12.6 Å². The van der Waals surface area contributed by atoms with Crippen molar-refractivity contribution in [1.82, 2.24) is 10.2 Å². The number of benzene rings is 3. The average molecular weight is 653 g/mol. The second kappa shape index (κ2) is 14.0. The van der Waals surface area contributed by atoms with E-state index in [0.717, 1.165) is 30.0 Å². The normalized spacial score (nSPS) is 14.3. The number of sulfonamides is 1. The van der Waals surface area contributed by atoms with Crippen LogP contribution in [0.5, 0.6) is 5.75 Å². The third kappa shape index (κ3) is 7.50. The summed E-state index contributed by atoms with van der Waals surface area (Å²) in [6.45, 7) is 1.03. The second-order valence-electron chi connectivity index (χ2n) is 10.1. The number of carbonyl (C=O) groups excluding carboxylic acids is 2. The van der Waals surface area contributed by atoms with Gasteiger partial charge in [-0.2, -0.15) is 0 Å². The molecule has 1 aliphatic carbocycles. The minimum absolute atomic E-state index is 0.00241. The van der Waals surface area contributed by atoms with Crippen LogP contribution in [0.15, 0.2) is 71.6 Å². The van der Waals surface area contributed by atoms with Gasteiger partial charge in [-0.05, 0) is 67.8 Å². The van der Waals surface area contributed by atoms with Gasteiger partial charge in [-0.1, -0.05) is 71.9 Å². The lowest BCUT2D eigenvalue weighted by molar-refractivity contribution is -0.139. The van der Waals surface area contributed by atoms with E-state index in [4.69, 9.17) is 39.5 Å². The number of carbonyl (C=O) groups is 2. The number of rotatable bonds is 11. The molecule has 42 heavy (non-hydrogen) atoms. The van der Waals surface area contributed by atoms with Crippen molar-refractivity contribution in [2.75, 3.05) is 18.0 Å². The van der Waals surface area contributed by atoms with Crippen molar-refractivity contribution in [2.45, 2.75) is 56.1 Å². The summed E-state index contributed by atoms with van der Waals surface area (Å²) in [7, 11) is -2.78. The van der Waals surface area contributed by atoms with Crippen LogP contribution in [-0.2, 0) is 26.2 Å². The van der Waals surface area contributed by atoms with Gasteiger partial charge in [0.25, 0.3) is 10.0 Å². The maximum atomic E-state index is 14.1. The number of nitrogens with zero attached hydrogens (tertiary/aromatic N) is 2. The van der Waals surface area contributed by atoms with Crippen molar-refractivity contribution in [3.05, 3.63) is 87.4 Å². The highest BCUT2D eigenvalue weighted by atomic mass is 35.5. The van der Waals surface area contributed by atoms with E-state index in [0.29, 0.717) is 21.4 Å². The maximum absolute atomic E-state index is 14.1. The van der Waals surface area contributed by atoms with Crippen LogP contribution in [0.2, 0.25) is 15.1 Å². The average Bonchev–Trinajstić information content (AvgIpc) is 3.49. The minimum atomic E-state index is -4.22. The van der Waals surface area contributed by atoms with Crippen LogP contribution in [0.3, 0.4) is 0 Å². The largest absolute Gasteiger partial charge is 0.495 e. The van der Waals surface area contributed by atoms with E-state index in [9.17, 15) is 18.0 Å². The van der Waals surface area contributed by atoms with E-state index in [1.165, 1.54) is 42.3 Å². The predicted molar refractivity (Wildman–Crippen MR) is 166 cm³/mol. The molecule has 12 heteroatoms. The molecule has 2 amide bonds. The number of anilines is 1. The fourth-order valence-corrected chi connectivity index (χ4v) is 6.87. The molecule has 1 fully saturated rings. The maximum Gasteiger partial charge on any atom is 0.264 e. The van der Waals surface area contributed by atoms with E-state index < -0.39 is 28.5 Å². The fourth-order valence-electron chi connectivity index (χ4n) is 4.87. The Balaban J connectivity index is 1.71. The Kier molecular flexibility index (Phi) is 10.6. The van der Waals surface area contributed by atoms with E-state index >= 15 is 0 Å². The van der Waals surface area contributed by atoms with Gasteiger partial charge < -0.3 is 15.0 Å². The lowest BCUT2D eigenvalue weighted by Gasteiger charge is -2.32. The molecular formula is C30H32Cl3N3O5S. The quantitative estimate of drug-likeness (QED) is 0.261. The van der Waals surface area contributed by atoms with Gasteiger partial charge in [-0.15, -0.1) is 0 Å². The van der Waals surface area contributed by atoms with Gasteiger partial charge in [0.05, 0.1) is 32.8 Å². The van der Waals surface area contributed by atoms with Crippen molar-refractivity contribution >= 4 is 62.3 Å². The molecule has 0 aliphatic heterocycles. The Hall–Kier alpha value is -2.98. The van der Waals surface area contributed by atoms with Crippen LogP contribution in [0.25, 0.3) is 0 Å². The van der Waals surface area contributed by atoms with Crippen LogP contribution in [0.1, 0.15) is 38.2 Å². The standard InChI is InChI=1S/C30H32Cl3N3O5S/c1-20(30(38)34-22-8-6-7-9-22)35(18-21-12-14-25(31)26(32)16-21)29(37)19-36(23-13-15-28(41-2)27(33)17-23)42(39,40)24-10-4-3-5-11-24/h3-5,10-17,20,22H,6-9,18-19H2,1-2H3,(H,34,38)/t20-/m1/s1. The van der Waals surface area contributed by atoms with Crippen molar-refractivity contribution in [3.63, 3.8) is 0 Å². The first-order valence-electron chi connectivity index (χ1n) is 13.5. The third-order valence-electron chi connectivity index (χ3n) is 7.24. The fraction of sp³-hybridized carbons (Fsp3) is 0.333. The Morgan fingerprint density at radius 1 is 0.952 bits per heavy atom. The monoisotopic (exact) mass is 651 g/mol. The topological polar surface area (TPSA) is 96.0 Å². The Morgan fingerprint density at radius 2 is 1.64 bits per heavy atom. The zero-order valence-corrected chi connectivity index (χ0v) is 26.3. The molecule has 0 unspecified atom stereocenters. The molecule has 1 saturated carbocycles. The summed E-state index contributed by atoms with van der Waals surface area (Å²) in [6.07, 6.45) is 3.81. The summed E-state index contributed by atoms with van der Waals surface area (Å²) in [4.78, 5) is 28.7. The van der Waals surface area contributed by atoms with E-state index in [-0.39, 0.29) is 34.1 Å². The van der Waals surface area contributed by atoms with E-state index in [1.54, 1.807) is 43.3 Å². The molecule has 3 aromatic rings.